The molecule has 1 aliphatic rings. The molecule has 4 rings (SSSR count). The number of benzene rings is 3. The monoisotopic (exact) mass is 640 g/mol. The molecule has 238 valence electrons. The molecule has 1 saturated heterocycles. The maximum absolute atomic E-state index is 13.5. The lowest BCUT2D eigenvalue weighted by Gasteiger charge is -2.29. The third-order valence-electron chi connectivity index (χ3n) is 5.54. The van der Waals surface area contributed by atoms with Crippen LogP contribution in [0.25, 0.3) is 0 Å². The van der Waals surface area contributed by atoms with E-state index in [9.17, 15) is 69.2 Å². The van der Waals surface area contributed by atoms with Crippen LogP contribution in [0.15, 0.2) is 18.2 Å². The van der Waals surface area contributed by atoms with Crippen LogP contribution in [0.4, 0.5) is 56.6 Å². The van der Waals surface area contributed by atoms with E-state index in [0.717, 1.165) is 6.07 Å². The second-order valence-electron chi connectivity index (χ2n) is 8.22. The molecule has 0 amide bonds. The Balaban J connectivity index is 0.000000231. The van der Waals surface area contributed by atoms with Gasteiger partial charge >= 0.3 is 0 Å². The number of halogens is 9. The first-order valence-electron chi connectivity index (χ1n) is 11.4. The van der Waals surface area contributed by atoms with Crippen molar-refractivity contribution in [2.75, 3.05) is 42.7 Å². The maximum Gasteiger partial charge on any atom is 0.199 e. The maximum atomic E-state index is 13.5. The highest BCUT2D eigenvalue weighted by Gasteiger charge is 2.25. The van der Waals surface area contributed by atoms with Gasteiger partial charge in [-0.05, 0) is 17.7 Å². The molecule has 3 aromatic carbocycles. The minimum atomic E-state index is -2.31. The van der Waals surface area contributed by atoms with E-state index in [1.807, 2.05) is 0 Å². The molecule has 1 aliphatic heterocycles. The first-order valence-corrected chi connectivity index (χ1v) is 11.4. The van der Waals surface area contributed by atoms with Crippen LogP contribution in [0.1, 0.15) is 31.1 Å². The van der Waals surface area contributed by atoms with Gasteiger partial charge in [-0.15, -0.1) is 0 Å². The minimum Gasteiger partial charge on any atom is -0.545 e. The number of aromatic carboxylic acids is 3. The lowest BCUT2D eigenvalue weighted by atomic mass is 10.1. The van der Waals surface area contributed by atoms with E-state index < -0.39 is 92.8 Å². The molecule has 4 N–H and O–H groups in total. The molecule has 0 unspecified atom stereocenters. The lowest BCUT2D eigenvalue weighted by Crippen LogP contribution is -2.37. The number of hydrogen-bond acceptors (Lipinski definition) is 10. The summed E-state index contributed by atoms with van der Waals surface area (Å²) in [5.74, 6) is -22.9. The molecule has 1 heterocycles. The molecule has 0 bridgehead atoms. The summed E-state index contributed by atoms with van der Waals surface area (Å²) in [6.45, 7) is 2.17. The van der Waals surface area contributed by atoms with Crippen molar-refractivity contribution < 1.29 is 74.0 Å². The fraction of sp³-hybridized carbons (Fsp3) is 0.160. The van der Waals surface area contributed by atoms with E-state index in [1.54, 1.807) is 4.90 Å². The topological polar surface area (TPSA) is 185 Å². The number of nitrogen functional groups attached to an aromatic ring is 2. The summed E-state index contributed by atoms with van der Waals surface area (Å²) >= 11 is 0. The number of rotatable bonds is 4. The highest BCUT2D eigenvalue weighted by Crippen LogP contribution is 2.26. The van der Waals surface area contributed by atoms with Gasteiger partial charge in [-0.1, -0.05) is 6.07 Å². The normalized spacial score (nSPS) is 12.4. The number of carbonyl (C=O) groups is 3. The summed E-state index contributed by atoms with van der Waals surface area (Å²) in [6, 6.07) is 3.65. The van der Waals surface area contributed by atoms with Crippen molar-refractivity contribution in [1.29, 1.82) is 0 Å². The zero-order valence-corrected chi connectivity index (χ0v) is 21.4. The molecule has 0 aliphatic carbocycles. The molecule has 0 aromatic heterocycles. The summed E-state index contributed by atoms with van der Waals surface area (Å²) in [4.78, 5) is 32.7. The number of carbonyl (C=O) groups excluding carboxylic acids is 3. The van der Waals surface area contributed by atoms with Gasteiger partial charge in [0.2, 0.25) is 0 Å². The summed E-state index contributed by atoms with van der Waals surface area (Å²) in [6.07, 6.45) is 0. The summed E-state index contributed by atoms with van der Waals surface area (Å²) in [5, 5.41) is 31.0. The Bertz CT molecular complexity index is 1480. The number of nitrogens with two attached hydrogens (primary N) is 2. The Morgan fingerprint density at radius 1 is 0.614 bits per heavy atom. The molecule has 0 atom stereocenters. The fourth-order valence-electron chi connectivity index (χ4n) is 3.37. The van der Waals surface area contributed by atoms with Crippen molar-refractivity contribution in [3.8, 4) is 0 Å². The third kappa shape index (κ3) is 7.41. The predicted molar refractivity (Wildman–Crippen MR) is 124 cm³/mol. The number of ether oxygens (including phenoxy) is 1. The average molecular weight is 640 g/mol. The van der Waals surface area contributed by atoms with Crippen LogP contribution < -0.4 is 31.7 Å². The van der Waals surface area contributed by atoms with Crippen molar-refractivity contribution in [2.24, 2.45) is 0 Å². The Morgan fingerprint density at radius 2 is 1.07 bits per heavy atom. The molecule has 10 nitrogen and oxygen atoms in total. The van der Waals surface area contributed by atoms with Crippen LogP contribution in [0, 0.1) is 52.4 Å². The number of hydrogen-bond donors (Lipinski definition) is 2. The van der Waals surface area contributed by atoms with Gasteiger partial charge in [-0.25, -0.2) is 39.5 Å². The van der Waals surface area contributed by atoms with Crippen LogP contribution in [0.2, 0.25) is 0 Å². The zero-order chi connectivity index (χ0) is 33.6. The number of carboxylic acid groups (broad SMARTS) is 3. The Kier molecular flexibility index (Phi) is 11.4. The van der Waals surface area contributed by atoms with Crippen LogP contribution in [0.5, 0.6) is 0 Å². The van der Waals surface area contributed by atoms with E-state index in [2.05, 4.69) is 5.73 Å². The summed E-state index contributed by atoms with van der Waals surface area (Å²) in [5.41, 5.74) is 3.66. The zero-order valence-electron chi connectivity index (χ0n) is 21.4. The molecular weight excluding hydrogens is 625 g/mol. The summed E-state index contributed by atoms with van der Waals surface area (Å²) in [7, 11) is 0. The molecule has 3 aromatic rings. The highest BCUT2D eigenvalue weighted by atomic mass is 19.2. The average Bonchev–Trinajstić information content (AvgIpc) is 2.98. The number of nitrogens with zero attached hydrogens (tertiary/aromatic N) is 1. The van der Waals surface area contributed by atoms with E-state index in [-0.39, 0.29) is 5.56 Å². The van der Waals surface area contributed by atoms with E-state index >= 15 is 0 Å². The van der Waals surface area contributed by atoms with Gasteiger partial charge in [-0.2, -0.15) is 0 Å². The van der Waals surface area contributed by atoms with Crippen LogP contribution in [-0.4, -0.2) is 44.2 Å². The SMILES string of the molecule is Nc1c(F)c(F)c(F)c(C(=O)[O-])c1F.Nc1c(F)c(F)c(F)c(F)c1C(=O)[O-].O=C([O-])c1ccc(F)c(N2CCOCC2)c1. The van der Waals surface area contributed by atoms with Crippen molar-refractivity contribution in [1.82, 2.24) is 0 Å². The molecule has 0 spiro atoms. The van der Waals surface area contributed by atoms with Gasteiger partial charge in [0, 0.05) is 13.1 Å². The second-order valence-corrected chi connectivity index (χ2v) is 8.22. The second kappa shape index (κ2) is 14.3. The standard InChI is InChI=1S/C11H12FNO3.2C7H3F4NO2/c12-9-2-1-8(11(14)15)7-10(9)13-3-5-16-6-4-13;8-2-1(7(13)14)6(12)5(11)4(10)3(2)9;8-2-1(7(13)14)3(9)6(12)5(11)4(2)10/h1-2,7H,3-6H2,(H,14,15);2*12H2,(H,13,14)/p-3. The molecule has 0 saturated carbocycles. The molecule has 0 radical (unpaired) electrons. The largest absolute Gasteiger partial charge is 0.545 e. The third-order valence-corrected chi connectivity index (χ3v) is 5.54. The first-order chi connectivity index (χ1) is 20.4. The van der Waals surface area contributed by atoms with Gasteiger partial charge in [0.15, 0.2) is 46.5 Å². The van der Waals surface area contributed by atoms with Crippen molar-refractivity contribution in [2.45, 2.75) is 0 Å². The van der Waals surface area contributed by atoms with E-state index in [1.165, 1.54) is 12.1 Å². The lowest BCUT2D eigenvalue weighted by molar-refractivity contribution is -0.256. The van der Waals surface area contributed by atoms with Crippen molar-refractivity contribution >= 4 is 35.0 Å². The van der Waals surface area contributed by atoms with Gasteiger partial charge in [0.1, 0.15) is 11.5 Å². The Labute approximate surface area is 239 Å². The number of morpholine rings is 1. The van der Waals surface area contributed by atoms with E-state index in [4.69, 9.17) is 10.5 Å². The molecular formula is C25H15F9N3O7-3. The van der Waals surface area contributed by atoms with E-state index in [0.29, 0.717) is 32.0 Å². The first kappa shape index (κ1) is 35.0. The summed E-state index contributed by atoms with van der Waals surface area (Å²) < 4.78 is 119. The van der Waals surface area contributed by atoms with Gasteiger partial charge in [-0.3, -0.25) is 0 Å². The van der Waals surface area contributed by atoms with Crippen LogP contribution >= 0.6 is 0 Å². The predicted octanol–water partition coefficient (Wildman–Crippen LogP) is 0.403. The number of anilines is 3. The van der Waals surface area contributed by atoms with Crippen molar-refractivity contribution in [3.05, 3.63) is 87.2 Å². The van der Waals surface area contributed by atoms with Crippen LogP contribution in [-0.2, 0) is 4.74 Å². The number of carboxylic acids is 3. The Hall–Kier alpha value is -5.20. The fourth-order valence-corrected chi connectivity index (χ4v) is 3.37. The molecule has 19 heteroatoms. The molecule has 1 fully saturated rings. The highest BCUT2D eigenvalue weighted by molar-refractivity contribution is 5.92. The molecule has 44 heavy (non-hydrogen) atoms. The van der Waals surface area contributed by atoms with Gasteiger partial charge in [0.05, 0.1) is 53.6 Å². The van der Waals surface area contributed by atoms with Gasteiger partial charge < -0.3 is 50.8 Å². The van der Waals surface area contributed by atoms with Gasteiger partial charge in [0.25, 0.3) is 0 Å². The van der Waals surface area contributed by atoms with Crippen LogP contribution in [0.3, 0.4) is 0 Å². The Morgan fingerprint density at radius 3 is 1.57 bits per heavy atom. The minimum absolute atomic E-state index is 0.0112. The smallest absolute Gasteiger partial charge is 0.199 e. The van der Waals surface area contributed by atoms with Crippen molar-refractivity contribution in [3.63, 3.8) is 0 Å². The quantitative estimate of drug-likeness (QED) is 0.175.